The summed E-state index contributed by atoms with van der Waals surface area (Å²) in [5, 5.41) is -1.09. The van der Waals surface area contributed by atoms with E-state index >= 15 is 0 Å². The number of rotatable bonds is 11. The van der Waals surface area contributed by atoms with E-state index in [2.05, 4.69) is 23.1 Å². The van der Waals surface area contributed by atoms with Gasteiger partial charge < -0.3 is 4.98 Å². The lowest BCUT2D eigenvalue weighted by molar-refractivity contribution is -0.110. The van der Waals surface area contributed by atoms with Crippen LogP contribution in [0.1, 0.15) is 35.3 Å². The third kappa shape index (κ3) is 7.84. The van der Waals surface area contributed by atoms with E-state index < -0.39 is 95.0 Å². The number of aromatic nitrogens is 1. The molecule has 0 unspecified atom stereocenters. The Kier molecular flexibility index (Phi) is 11.1. The molecule has 0 aliphatic heterocycles. The van der Waals surface area contributed by atoms with E-state index in [-0.39, 0.29) is 22.5 Å². The van der Waals surface area contributed by atoms with Gasteiger partial charge in [0, 0.05) is 44.0 Å². The van der Waals surface area contributed by atoms with Gasteiger partial charge in [0.1, 0.15) is 4.90 Å². The smallest absolute Gasteiger partial charge is 0.296 e. The SMILES string of the molecule is C=C1C(=C)c2c(C(=O)c3cccc(S(=O)(=O)O)c3)c(=O)[nH]c(=C(C)S(=O)(=O)O)c2=C(C(C)=Nc2ccc(SCCSC)cc2S(=O)(=O)O)C1=O. The monoisotopic (exact) mass is 780 g/mol. The van der Waals surface area contributed by atoms with Crippen LogP contribution >= 0.6 is 23.5 Å². The van der Waals surface area contributed by atoms with Crippen molar-refractivity contribution < 1.29 is 48.5 Å². The molecule has 1 heterocycles. The van der Waals surface area contributed by atoms with Gasteiger partial charge in [-0.05, 0) is 56.0 Å². The van der Waals surface area contributed by atoms with Crippen LogP contribution in [0.2, 0.25) is 0 Å². The predicted octanol–water partition coefficient (Wildman–Crippen LogP) is 2.67. The molecule has 1 aromatic heterocycles. The molecule has 14 nitrogen and oxygen atoms in total. The zero-order valence-electron chi connectivity index (χ0n) is 26.4. The Morgan fingerprint density at radius 1 is 0.900 bits per heavy atom. The van der Waals surface area contributed by atoms with Gasteiger partial charge >= 0.3 is 0 Å². The van der Waals surface area contributed by atoms with Crippen molar-refractivity contribution in [1.29, 1.82) is 0 Å². The minimum atomic E-state index is -5.08. The average molecular weight is 781 g/mol. The molecule has 0 saturated heterocycles. The molecule has 1 aliphatic carbocycles. The number of aliphatic imine (C=N–C) groups is 1. The van der Waals surface area contributed by atoms with E-state index in [9.17, 15) is 53.3 Å². The number of H-pyrrole nitrogens is 1. The van der Waals surface area contributed by atoms with Gasteiger partial charge in [-0.2, -0.15) is 37.0 Å². The zero-order chi connectivity index (χ0) is 37.5. The molecule has 0 fully saturated rings. The molecule has 50 heavy (non-hydrogen) atoms. The molecule has 0 saturated carbocycles. The van der Waals surface area contributed by atoms with Gasteiger partial charge in [-0.1, -0.05) is 25.3 Å². The lowest BCUT2D eigenvalue weighted by atomic mass is 9.80. The summed E-state index contributed by atoms with van der Waals surface area (Å²) >= 11 is 2.88. The number of fused-ring (bicyclic) bond motifs is 1. The summed E-state index contributed by atoms with van der Waals surface area (Å²) in [5.74, 6) is -0.690. The van der Waals surface area contributed by atoms with E-state index in [4.69, 9.17) is 0 Å². The maximum atomic E-state index is 13.9. The fraction of sp³-hybridized carbons (Fsp3) is 0.161. The lowest BCUT2D eigenvalue weighted by Crippen LogP contribution is -2.48. The van der Waals surface area contributed by atoms with E-state index in [0.29, 0.717) is 10.6 Å². The van der Waals surface area contributed by atoms with Gasteiger partial charge in [0.15, 0.2) is 11.6 Å². The highest BCUT2D eigenvalue weighted by Gasteiger charge is 2.34. The number of hydrogen-bond donors (Lipinski definition) is 4. The molecule has 19 heteroatoms. The normalized spacial score (nSPS) is 14.9. The molecule has 0 bridgehead atoms. The Bertz CT molecular complexity index is 2590. The number of ketones is 2. The first kappa shape index (κ1) is 38.8. The maximum Gasteiger partial charge on any atom is 0.296 e. The topological polar surface area (TPSA) is 242 Å². The quantitative estimate of drug-likeness (QED) is 0.0546. The first-order valence-electron chi connectivity index (χ1n) is 13.9. The van der Waals surface area contributed by atoms with Gasteiger partial charge in [-0.25, -0.2) is 0 Å². The van der Waals surface area contributed by atoms with E-state index in [1.807, 2.05) is 6.26 Å². The van der Waals surface area contributed by atoms with Gasteiger partial charge in [0.05, 0.1) is 32.0 Å². The van der Waals surface area contributed by atoms with Crippen molar-refractivity contribution in [2.24, 2.45) is 4.99 Å². The molecule has 0 spiro atoms. The standard InChI is InChI=1S/C31H28N2O12S5/c1-15-16(2)29(34)25(17(3)32-22-10-9-20(47-12-11-46-5)14-23(22)50(43,44)45)26-24(15)27(31(36)33-28(26)18(4)48(37,38)39)30(35)19-7-6-8-21(13-19)49(40,41)42/h6-10,13-14H,1-2,11-12H2,3-5H3,(H,33,36)(H,37,38,39)(H,40,41,42)(H,43,44,45). The molecule has 264 valence electrons. The van der Waals surface area contributed by atoms with Crippen LogP contribution in [0.25, 0.3) is 16.1 Å². The molecule has 4 N–H and O–H groups in total. The summed E-state index contributed by atoms with van der Waals surface area (Å²) in [4.78, 5) is 46.2. The Morgan fingerprint density at radius 3 is 2.14 bits per heavy atom. The molecule has 0 radical (unpaired) electrons. The minimum Gasteiger partial charge on any atom is -0.320 e. The molecular weight excluding hydrogens is 753 g/mol. The van der Waals surface area contributed by atoms with E-state index in [1.54, 1.807) is 11.8 Å². The van der Waals surface area contributed by atoms with E-state index in [0.717, 1.165) is 36.9 Å². The highest BCUT2D eigenvalue weighted by atomic mass is 32.2. The molecule has 0 amide bonds. The summed E-state index contributed by atoms with van der Waals surface area (Å²) in [6.07, 6.45) is 1.90. The number of thioether (sulfide) groups is 2. The molecule has 2 aromatic carbocycles. The van der Waals surface area contributed by atoms with Crippen LogP contribution in [0.5, 0.6) is 0 Å². The number of carbonyl (C=O) groups excluding carboxylic acids is 2. The number of pyridine rings is 1. The zero-order valence-corrected chi connectivity index (χ0v) is 30.5. The first-order chi connectivity index (χ1) is 23.1. The summed E-state index contributed by atoms with van der Waals surface area (Å²) < 4.78 is 103. The maximum absolute atomic E-state index is 13.9. The van der Waals surface area contributed by atoms with Crippen LogP contribution in [-0.2, 0) is 35.1 Å². The fourth-order valence-electron chi connectivity index (χ4n) is 4.97. The minimum absolute atomic E-state index is 0.291. The summed E-state index contributed by atoms with van der Waals surface area (Å²) in [6.45, 7) is 9.66. The summed E-state index contributed by atoms with van der Waals surface area (Å²) in [5.41, 5.74) is -4.58. The van der Waals surface area contributed by atoms with E-state index in [1.165, 1.54) is 36.9 Å². The van der Waals surface area contributed by atoms with Crippen LogP contribution in [0.15, 0.2) is 85.7 Å². The number of hydrogen-bond acceptors (Lipinski definition) is 12. The number of nitrogens with one attached hydrogen (secondary N) is 1. The lowest BCUT2D eigenvalue weighted by Gasteiger charge is -2.22. The third-order valence-corrected chi connectivity index (χ3v) is 12.0. The third-order valence-electron chi connectivity index (χ3n) is 7.41. The van der Waals surface area contributed by atoms with Crippen molar-refractivity contribution in [2.45, 2.75) is 28.5 Å². The Hall–Kier alpha value is -3.95. The summed E-state index contributed by atoms with van der Waals surface area (Å²) in [6, 6.07) is 8.02. The Labute approximate surface area is 295 Å². The molecular formula is C31H28N2O12S5. The van der Waals surface area contributed by atoms with Gasteiger partial charge in [-0.15, -0.1) is 11.8 Å². The molecule has 0 atom stereocenters. The molecule has 4 rings (SSSR count). The van der Waals surface area contributed by atoms with Crippen LogP contribution in [-0.4, -0.2) is 78.9 Å². The van der Waals surface area contributed by atoms with Crippen molar-refractivity contribution in [3.8, 4) is 0 Å². The molecule has 3 aromatic rings. The van der Waals surface area contributed by atoms with Crippen LogP contribution in [0.4, 0.5) is 5.69 Å². The average Bonchev–Trinajstić information content (AvgIpc) is 3.02. The van der Waals surface area contributed by atoms with Crippen LogP contribution in [0, 0.1) is 0 Å². The van der Waals surface area contributed by atoms with Crippen molar-refractivity contribution in [3.63, 3.8) is 0 Å². The number of carbonyl (C=O) groups is 2. The predicted molar refractivity (Wildman–Crippen MR) is 191 cm³/mol. The van der Waals surface area contributed by atoms with Crippen molar-refractivity contribution in [1.82, 2.24) is 4.98 Å². The van der Waals surface area contributed by atoms with Gasteiger partial charge in [0.2, 0.25) is 0 Å². The number of aromatic amines is 1. The number of benzene rings is 2. The van der Waals surface area contributed by atoms with Crippen molar-refractivity contribution in [3.05, 3.63) is 98.8 Å². The highest BCUT2D eigenvalue weighted by Crippen LogP contribution is 2.33. The van der Waals surface area contributed by atoms with Gasteiger partial charge in [0.25, 0.3) is 35.9 Å². The molecule has 1 aliphatic rings. The van der Waals surface area contributed by atoms with Crippen LogP contribution in [0.3, 0.4) is 0 Å². The second-order valence-corrected chi connectivity index (χ2v) is 17.1. The van der Waals surface area contributed by atoms with Crippen LogP contribution < -0.4 is 16.1 Å². The number of allylic oxidation sites excluding steroid dienone is 2. The first-order valence-corrected chi connectivity index (χ1v) is 20.6. The second kappa shape index (κ2) is 14.3. The Morgan fingerprint density at radius 2 is 1.56 bits per heavy atom. The highest BCUT2D eigenvalue weighted by molar-refractivity contribution is 8.02. The Balaban J connectivity index is 2.20. The second-order valence-electron chi connectivity index (χ2n) is 10.6. The van der Waals surface area contributed by atoms with Crippen molar-refractivity contribution >= 4 is 92.9 Å². The number of Topliss-reactive ketones (excluding diaryl/α,β-unsaturated/α-hetero) is 1. The fourth-order valence-corrected chi connectivity index (χ4v) is 8.23. The van der Waals surface area contributed by atoms with Gasteiger partial charge in [-0.3, -0.25) is 33.0 Å². The van der Waals surface area contributed by atoms with Crippen molar-refractivity contribution in [2.75, 3.05) is 17.8 Å². The largest absolute Gasteiger partial charge is 0.320 e. The summed E-state index contributed by atoms with van der Waals surface area (Å²) in [7, 11) is -14.8. The number of nitrogens with zero attached hydrogens (tertiary/aromatic N) is 1.